The molecular weight excluding hydrogens is 214 g/mol. The third-order valence-corrected chi connectivity index (χ3v) is 3.51. The predicted octanol–water partition coefficient (Wildman–Crippen LogP) is 0.965. The van der Waals surface area contributed by atoms with Gasteiger partial charge in [-0.3, -0.25) is 4.98 Å². The van der Waals surface area contributed by atoms with E-state index in [2.05, 4.69) is 26.5 Å². The van der Waals surface area contributed by atoms with Crippen molar-refractivity contribution in [3.05, 3.63) is 18.5 Å². The Hall–Kier alpha value is -1.62. The van der Waals surface area contributed by atoms with Crippen molar-refractivity contribution in [3.8, 4) is 0 Å². The molecule has 0 radical (unpaired) electrons. The normalized spacial score (nSPS) is 21.4. The van der Waals surface area contributed by atoms with Gasteiger partial charge in [-0.25, -0.2) is 4.98 Å². The van der Waals surface area contributed by atoms with Crippen LogP contribution in [0.4, 0.5) is 5.95 Å². The average Bonchev–Trinajstić information content (AvgIpc) is 2.85. The van der Waals surface area contributed by atoms with E-state index in [-0.39, 0.29) is 0 Å². The summed E-state index contributed by atoms with van der Waals surface area (Å²) in [5, 5.41) is 0. The average molecular weight is 231 g/mol. The molecule has 17 heavy (non-hydrogen) atoms. The Morgan fingerprint density at radius 2 is 2.41 bits per heavy atom. The Bertz CT molecular complexity index is 533. The van der Waals surface area contributed by atoms with Gasteiger partial charge in [-0.1, -0.05) is 0 Å². The van der Waals surface area contributed by atoms with Crippen molar-refractivity contribution >= 4 is 17.0 Å². The molecule has 1 unspecified atom stereocenters. The highest BCUT2D eigenvalue weighted by Crippen LogP contribution is 2.22. The molecule has 0 spiro atoms. The summed E-state index contributed by atoms with van der Waals surface area (Å²) >= 11 is 0. The summed E-state index contributed by atoms with van der Waals surface area (Å²) < 4.78 is 2.11. The Kier molecular flexibility index (Phi) is 2.48. The number of hydrogen-bond acceptors (Lipinski definition) is 4. The van der Waals surface area contributed by atoms with Gasteiger partial charge in [0.05, 0.1) is 11.7 Å². The molecule has 3 rings (SSSR count). The monoisotopic (exact) mass is 231 g/mol. The number of nitrogens with two attached hydrogens (primary N) is 1. The van der Waals surface area contributed by atoms with Gasteiger partial charge >= 0.3 is 0 Å². The number of fused-ring (bicyclic) bond motifs is 1. The molecule has 1 aliphatic rings. The SMILES string of the molecule is CN1CCC(Cn2c(N)nc3cnccc32)C1. The maximum atomic E-state index is 5.98. The van der Waals surface area contributed by atoms with Crippen molar-refractivity contribution in [2.75, 3.05) is 25.9 Å². The lowest BCUT2D eigenvalue weighted by atomic mass is 10.1. The van der Waals surface area contributed by atoms with E-state index in [0.717, 1.165) is 24.1 Å². The molecule has 0 saturated carbocycles. The summed E-state index contributed by atoms with van der Waals surface area (Å²) in [5.74, 6) is 1.27. The van der Waals surface area contributed by atoms with E-state index in [1.165, 1.54) is 13.0 Å². The quantitative estimate of drug-likeness (QED) is 0.836. The summed E-state index contributed by atoms with van der Waals surface area (Å²) in [5.41, 5.74) is 7.95. The van der Waals surface area contributed by atoms with Crippen molar-refractivity contribution in [3.63, 3.8) is 0 Å². The highest BCUT2D eigenvalue weighted by molar-refractivity contribution is 5.76. The number of nitrogens with zero attached hydrogens (tertiary/aromatic N) is 4. The second-order valence-corrected chi connectivity index (χ2v) is 4.86. The van der Waals surface area contributed by atoms with Gasteiger partial charge in [0.2, 0.25) is 5.95 Å². The lowest BCUT2D eigenvalue weighted by Crippen LogP contribution is -2.17. The first-order valence-corrected chi connectivity index (χ1v) is 5.98. The predicted molar refractivity (Wildman–Crippen MR) is 67.5 cm³/mol. The van der Waals surface area contributed by atoms with E-state index < -0.39 is 0 Å². The van der Waals surface area contributed by atoms with Crippen molar-refractivity contribution in [1.82, 2.24) is 19.4 Å². The molecule has 5 nitrogen and oxygen atoms in total. The van der Waals surface area contributed by atoms with E-state index in [4.69, 9.17) is 5.73 Å². The van der Waals surface area contributed by atoms with E-state index in [1.807, 2.05) is 6.07 Å². The number of anilines is 1. The molecule has 1 atom stereocenters. The van der Waals surface area contributed by atoms with Crippen molar-refractivity contribution in [1.29, 1.82) is 0 Å². The van der Waals surface area contributed by atoms with Crippen LogP contribution in [0.1, 0.15) is 6.42 Å². The summed E-state index contributed by atoms with van der Waals surface area (Å²) in [6, 6.07) is 1.98. The molecule has 5 heteroatoms. The van der Waals surface area contributed by atoms with Gasteiger partial charge in [0, 0.05) is 19.3 Å². The minimum atomic E-state index is 0.600. The Morgan fingerprint density at radius 1 is 1.53 bits per heavy atom. The minimum Gasteiger partial charge on any atom is -0.369 e. The zero-order valence-electron chi connectivity index (χ0n) is 10.0. The molecule has 1 saturated heterocycles. The number of aromatic nitrogens is 3. The maximum absolute atomic E-state index is 5.98. The second-order valence-electron chi connectivity index (χ2n) is 4.86. The lowest BCUT2D eigenvalue weighted by Gasteiger charge is -2.13. The Morgan fingerprint density at radius 3 is 3.18 bits per heavy atom. The molecular formula is C12H17N5. The lowest BCUT2D eigenvalue weighted by molar-refractivity contribution is 0.380. The molecule has 0 bridgehead atoms. The van der Waals surface area contributed by atoms with Crippen LogP contribution >= 0.6 is 0 Å². The first kappa shape index (κ1) is 10.5. The van der Waals surface area contributed by atoms with Gasteiger partial charge in [0.1, 0.15) is 5.52 Å². The summed E-state index contributed by atoms with van der Waals surface area (Å²) in [6.07, 6.45) is 4.80. The van der Waals surface area contributed by atoms with Gasteiger partial charge in [-0.15, -0.1) is 0 Å². The summed E-state index contributed by atoms with van der Waals surface area (Å²) in [6.45, 7) is 3.28. The van der Waals surface area contributed by atoms with Gasteiger partial charge in [0.25, 0.3) is 0 Å². The second kappa shape index (κ2) is 4.00. The number of likely N-dealkylation sites (tertiary alicyclic amines) is 1. The first-order chi connectivity index (χ1) is 8.24. The maximum Gasteiger partial charge on any atom is 0.201 e. The molecule has 0 aromatic carbocycles. The van der Waals surface area contributed by atoms with Crippen molar-refractivity contribution in [2.45, 2.75) is 13.0 Å². The van der Waals surface area contributed by atoms with Gasteiger partial charge in [-0.2, -0.15) is 0 Å². The molecule has 1 aliphatic heterocycles. The van der Waals surface area contributed by atoms with Gasteiger partial charge in [-0.05, 0) is 32.0 Å². The van der Waals surface area contributed by atoms with E-state index in [1.54, 1.807) is 12.4 Å². The van der Waals surface area contributed by atoms with Crippen LogP contribution in [0.15, 0.2) is 18.5 Å². The minimum absolute atomic E-state index is 0.600. The molecule has 2 aromatic rings. The highest BCUT2D eigenvalue weighted by Gasteiger charge is 2.21. The molecule has 0 amide bonds. The largest absolute Gasteiger partial charge is 0.369 e. The molecule has 1 fully saturated rings. The van der Waals surface area contributed by atoms with Gasteiger partial charge in [0.15, 0.2) is 0 Å². The fourth-order valence-electron chi connectivity index (χ4n) is 2.63. The van der Waals surface area contributed by atoms with Crippen LogP contribution in [0.25, 0.3) is 11.0 Å². The number of nitrogen functional groups attached to an aromatic ring is 1. The highest BCUT2D eigenvalue weighted by atomic mass is 15.2. The first-order valence-electron chi connectivity index (χ1n) is 5.98. The van der Waals surface area contributed by atoms with Crippen LogP contribution in [0.2, 0.25) is 0 Å². The number of hydrogen-bond donors (Lipinski definition) is 1. The number of rotatable bonds is 2. The van der Waals surface area contributed by atoms with Crippen LogP contribution in [0, 0.1) is 5.92 Å². The smallest absolute Gasteiger partial charge is 0.201 e. The summed E-state index contributed by atoms with van der Waals surface area (Å²) in [7, 11) is 2.17. The van der Waals surface area contributed by atoms with Crippen LogP contribution in [0.5, 0.6) is 0 Å². The number of imidazole rings is 1. The third kappa shape index (κ3) is 1.86. The van der Waals surface area contributed by atoms with E-state index >= 15 is 0 Å². The van der Waals surface area contributed by atoms with Crippen LogP contribution in [-0.2, 0) is 6.54 Å². The van der Waals surface area contributed by atoms with Gasteiger partial charge < -0.3 is 15.2 Å². The topological polar surface area (TPSA) is 60.0 Å². The Balaban J connectivity index is 1.91. The fraction of sp³-hybridized carbons (Fsp3) is 0.500. The molecule has 3 heterocycles. The third-order valence-electron chi connectivity index (χ3n) is 3.51. The molecule has 2 N–H and O–H groups in total. The van der Waals surface area contributed by atoms with Crippen LogP contribution < -0.4 is 5.73 Å². The molecule has 90 valence electrons. The van der Waals surface area contributed by atoms with E-state index in [0.29, 0.717) is 11.9 Å². The van der Waals surface area contributed by atoms with E-state index in [9.17, 15) is 0 Å². The molecule has 0 aliphatic carbocycles. The van der Waals surface area contributed by atoms with Crippen LogP contribution in [0.3, 0.4) is 0 Å². The standard InChI is InChI=1S/C12H17N5/c1-16-5-3-9(7-16)8-17-11-2-4-14-6-10(11)15-12(17)13/h2,4,6,9H,3,5,7-8H2,1H3,(H2,13,15). The number of pyridine rings is 1. The fourth-order valence-corrected chi connectivity index (χ4v) is 2.63. The zero-order valence-corrected chi connectivity index (χ0v) is 10.0. The molecule has 2 aromatic heterocycles. The van der Waals surface area contributed by atoms with Crippen LogP contribution in [-0.4, -0.2) is 39.6 Å². The van der Waals surface area contributed by atoms with Crippen molar-refractivity contribution < 1.29 is 0 Å². The Labute approximate surface area is 100 Å². The van der Waals surface area contributed by atoms with Crippen molar-refractivity contribution in [2.24, 2.45) is 5.92 Å². The summed E-state index contributed by atoms with van der Waals surface area (Å²) in [4.78, 5) is 10.8. The zero-order chi connectivity index (χ0) is 11.8.